The molecule has 9 rings (SSSR count). The Balaban J connectivity index is 1.20. The molecule has 0 aliphatic carbocycles. The van der Waals surface area contributed by atoms with E-state index in [9.17, 15) is 4.79 Å². The van der Waals surface area contributed by atoms with E-state index in [0.717, 1.165) is 38.5 Å². The third kappa shape index (κ3) is 3.93. The number of fused-ring (bicyclic) bond motifs is 9. The summed E-state index contributed by atoms with van der Waals surface area (Å²) in [5, 5.41) is 10.4. The highest BCUT2D eigenvalue weighted by atomic mass is 16.1. The minimum absolute atomic E-state index is 0.00614. The molecule has 0 aliphatic rings. The fourth-order valence-corrected chi connectivity index (χ4v) is 7.14. The number of pyridine rings is 1. The monoisotopic (exact) mass is 573 g/mol. The Labute approximate surface area is 260 Å². The van der Waals surface area contributed by atoms with Crippen LogP contribution in [-0.4, -0.2) is 4.57 Å². The summed E-state index contributed by atoms with van der Waals surface area (Å²) in [6.45, 7) is 0. The third-order valence-electron chi connectivity index (χ3n) is 9.21. The van der Waals surface area contributed by atoms with Gasteiger partial charge in [0, 0.05) is 16.5 Å². The zero-order valence-electron chi connectivity index (χ0n) is 24.4. The first-order valence-electron chi connectivity index (χ1n) is 15.3. The fraction of sp³-hybridized carbons (Fsp3) is 0. The summed E-state index contributed by atoms with van der Waals surface area (Å²) in [6.07, 6.45) is 0. The average Bonchev–Trinajstić information content (AvgIpc) is 3.12. The summed E-state index contributed by atoms with van der Waals surface area (Å²) in [5.74, 6) is 0. The molecule has 0 saturated heterocycles. The van der Waals surface area contributed by atoms with Crippen molar-refractivity contribution in [1.82, 2.24) is 4.57 Å². The van der Waals surface area contributed by atoms with Gasteiger partial charge in [0.15, 0.2) is 0 Å². The van der Waals surface area contributed by atoms with E-state index < -0.39 is 0 Å². The first kappa shape index (κ1) is 25.5. The van der Waals surface area contributed by atoms with Crippen LogP contribution >= 0.6 is 0 Å². The largest absolute Gasteiger partial charge is 0.276 e. The van der Waals surface area contributed by atoms with Crippen LogP contribution in [0, 0.1) is 0 Å². The highest BCUT2D eigenvalue weighted by Gasteiger charge is 2.14. The molecule has 0 N–H and O–H groups in total. The molecule has 8 aromatic carbocycles. The quantitative estimate of drug-likeness (QED) is 0.193. The predicted molar refractivity (Wildman–Crippen MR) is 190 cm³/mol. The Kier molecular flexibility index (Phi) is 5.69. The zero-order valence-corrected chi connectivity index (χ0v) is 24.4. The molecule has 2 nitrogen and oxygen atoms in total. The first-order chi connectivity index (χ1) is 22.3. The molecule has 0 atom stereocenters. The van der Waals surface area contributed by atoms with Crippen molar-refractivity contribution < 1.29 is 0 Å². The van der Waals surface area contributed by atoms with E-state index >= 15 is 0 Å². The van der Waals surface area contributed by atoms with Crippen LogP contribution in [0.3, 0.4) is 0 Å². The molecule has 0 aliphatic heterocycles. The van der Waals surface area contributed by atoms with Gasteiger partial charge in [0.25, 0.3) is 5.56 Å². The maximum Gasteiger partial charge on any atom is 0.263 e. The van der Waals surface area contributed by atoms with E-state index in [1.807, 2.05) is 47.0 Å². The van der Waals surface area contributed by atoms with Crippen molar-refractivity contribution in [1.29, 1.82) is 0 Å². The van der Waals surface area contributed by atoms with Gasteiger partial charge >= 0.3 is 0 Å². The zero-order chi connectivity index (χ0) is 29.9. The van der Waals surface area contributed by atoms with Crippen LogP contribution in [0.4, 0.5) is 0 Å². The van der Waals surface area contributed by atoms with Crippen molar-refractivity contribution in [2.45, 2.75) is 0 Å². The maximum absolute atomic E-state index is 13.8. The van der Waals surface area contributed by atoms with Crippen LogP contribution in [0.15, 0.2) is 169 Å². The van der Waals surface area contributed by atoms with Gasteiger partial charge in [-0.15, -0.1) is 0 Å². The van der Waals surface area contributed by atoms with Gasteiger partial charge in [-0.25, -0.2) is 0 Å². The Morgan fingerprint density at radius 2 is 0.756 bits per heavy atom. The summed E-state index contributed by atoms with van der Waals surface area (Å²) in [5.41, 5.74) is 6.38. The second-order valence-electron chi connectivity index (χ2n) is 11.6. The molecule has 0 saturated carbocycles. The van der Waals surface area contributed by atoms with Gasteiger partial charge in [0.2, 0.25) is 0 Å². The van der Waals surface area contributed by atoms with Crippen LogP contribution in [-0.2, 0) is 0 Å². The molecule has 0 radical (unpaired) electrons. The second kappa shape index (κ2) is 10.0. The predicted octanol–water partition coefficient (Wildman–Crippen LogP) is 10.9. The number of rotatable bonds is 3. The minimum atomic E-state index is -0.00614. The van der Waals surface area contributed by atoms with Crippen molar-refractivity contribution in [2.75, 3.05) is 0 Å². The average molecular weight is 574 g/mol. The lowest BCUT2D eigenvalue weighted by Crippen LogP contribution is -2.19. The van der Waals surface area contributed by atoms with Gasteiger partial charge in [0.05, 0.1) is 5.52 Å². The number of para-hydroxylation sites is 1. The molecular weight excluding hydrogens is 546 g/mol. The highest BCUT2D eigenvalue weighted by Crippen LogP contribution is 2.39. The molecule has 9 aromatic rings. The van der Waals surface area contributed by atoms with E-state index in [0.29, 0.717) is 0 Å². The number of hydrogen-bond acceptors (Lipinski definition) is 1. The normalized spacial score (nSPS) is 11.6. The van der Waals surface area contributed by atoms with E-state index in [-0.39, 0.29) is 5.56 Å². The van der Waals surface area contributed by atoms with Gasteiger partial charge in [-0.1, -0.05) is 133 Å². The second-order valence-corrected chi connectivity index (χ2v) is 11.6. The van der Waals surface area contributed by atoms with Crippen LogP contribution < -0.4 is 5.56 Å². The van der Waals surface area contributed by atoms with Crippen LogP contribution in [0.25, 0.3) is 81.9 Å². The Hall–Kier alpha value is -5.99. The molecule has 0 bridgehead atoms. The summed E-state index contributed by atoms with van der Waals surface area (Å²) >= 11 is 0. The van der Waals surface area contributed by atoms with E-state index in [2.05, 4.69) is 121 Å². The van der Waals surface area contributed by atoms with Gasteiger partial charge in [-0.05, 0) is 90.3 Å². The van der Waals surface area contributed by atoms with E-state index in [4.69, 9.17) is 0 Å². The Bertz CT molecular complexity index is 2630. The Morgan fingerprint density at radius 1 is 0.333 bits per heavy atom. The fourth-order valence-electron chi connectivity index (χ4n) is 7.14. The van der Waals surface area contributed by atoms with Gasteiger partial charge in [0.1, 0.15) is 0 Å². The molecule has 0 amide bonds. The van der Waals surface area contributed by atoms with Gasteiger partial charge in [-0.3, -0.25) is 9.36 Å². The van der Waals surface area contributed by atoms with Crippen LogP contribution in [0.2, 0.25) is 0 Å². The molecular formula is C43H27NO. The SMILES string of the molecule is O=c1c2ccccc2c2ccccc2n1-c1ccc(-c2ccccc2-c2ccc3c4ccccc4c4ccccc4c3c2)cc1. The molecule has 210 valence electrons. The molecule has 45 heavy (non-hydrogen) atoms. The molecule has 0 unspecified atom stereocenters. The lowest BCUT2D eigenvalue weighted by atomic mass is 9.90. The minimum Gasteiger partial charge on any atom is -0.276 e. The van der Waals surface area contributed by atoms with Crippen molar-refractivity contribution >= 4 is 54.0 Å². The van der Waals surface area contributed by atoms with Crippen molar-refractivity contribution in [2.24, 2.45) is 0 Å². The number of benzene rings is 8. The summed E-state index contributed by atoms with van der Waals surface area (Å²) < 4.78 is 1.84. The Morgan fingerprint density at radius 3 is 1.38 bits per heavy atom. The number of nitrogens with zero attached hydrogens (tertiary/aromatic N) is 1. The maximum atomic E-state index is 13.8. The first-order valence-corrected chi connectivity index (χ1v) is 15.3. The highest BCUT2D eigenvalue weighted by molar-refractivity contribution is 6.25. The lowest BCUT2D eigenvalue weighted by molar-refractivity contribution is 1.06. The van der Waals surface area contributed by atoms with Crippen molar-refractivity contribution in [3.63, 3.8) is 0 Å². The van der Waals surface area contributed by atoms with Crippen LogP contribution in [0.1, 0.15) is 0 Å². The van der Waals surface area contributed by atoms with Crippen LogP contribution in [0.5, 0.6) is 0 Å². The number of hydrogen-bond donors (Lipinski definition) is 0. The van der Waals surface area contributed by atoms with Crippen molar-refractivity contribution in [3.8, 4) is 27.9 Å². The molecule has 1 heterocycles. The number of aromatic nitrogens is 1. The summed E-state index contributed by atoms with van der Waals surface area (Å²) in [7, 11) is 0. The molecule has 0 fully saturated rings. The lowest BCUT2D eigenvalue weighted by Gasteiger charge is -2.15. The van der Waals surface area contributed by atoms with Gasteiger partial charge < -0.3 is 0 Å². The standard InChI is InChI=1S/C43H27NO/c45-43-40-19-8-7-17-37(40)39-18-9-10-20-42(39)44(43)30-24-21-28(22-25-30)31-11-1-2-12-32(31)29-23-26-38-35-15-4-3-13-33(35)34-14-5-6-16-36(34)41(38)27-29/h1-27H. The molecule has 2 heteroatoms. The molecule has 0 spiro atoms. The third-order valence-corrected chi connectivity index (χ3v) is 9.21. The summed E-state index contributed by atoms with van der Waals surface area (Å²) in [6, 6.07) is 57.3. The summed E-state index contributed by atoms with van der Waals surface area (Å²) in [4.78, 5) is 13.8. The smallest absolute Gasteiger partial charge is 0.263 e. The topological polar surface area (TPSA) is 22.0 Å². The molecule has 1 aromatic heterocycles. The van der Waals surface area contributed by atoms with E-state index in [1.54, 1.807) is 0 Å². The van der Waals surface area contributed by atoms with Gasteiger partial charge in [-0.2, -0.15) is 0 Å². The van der Waals surface area contributed by atoms with E-state index in [1.165, 1.54) is 43.4 Å². The van der Waals surface area contributed by atoms with Crippen molar-refractivity contribution in [3.05, 3.63) is 174 Å².